The molecular formula is C36H28N2. The van der Waals surface area contributed by atoms with Gasteiger partial charge >= 0.3 is 0 Å². The van der Waals surface area contributed by atoms with Crippen LogP contribution in [0.25, 0.3) is 28.0 Å². The van der Waals surface area contributed by atoms with Crippen LogP contribution in [0.2, 0.25) is 0 Å². The molecule has 5 aliphatic carbocycles. The zero-order valence-electron chi connectivity index (χ0n) is 21.4. The van der Waals surface area contributed by atoms with Crippen molar-refractivity contribution in [2.75, 3.05) is 0 Å². The minimum Gasteiger partial charge on any atom is -0.237 e. The molecule has 1 heterocycles. The Kier molecular flexibility index (Phi) is 4.64. The first-order valence-corrected chi connectivity index (χ1v) is 13.6. The largest absolute Gasteiger partial charge is 0.237 e. The second-order valence-corrected chi connectivity index (χ2v) is 11.1. The smallest absolute Gasteiger partial charge is 0.116 e. The minimum absolute atomic E-state index is 0.0281. The van der Waals surface area contributed by atoms with Crippen LogP contribution in [-0.4, -0.2) is 9.97 Å². The first-order valence-electron chi connectivity index (χ1n) is 13.6. The van der Waals surface area contributed by atoms with E-state index in [2.05, 4.69) is 116 Å². The molecule has 8 rings (SSSR count). The van der Waals surface area contributed by atoms with Crippen molar-refractivity contribution in [3.05, 3.63) is 149 Å². The number of allylic oxidation sites excluding steroid dienone is 14. The van der Waals surface area contributed by atoms with Gasteiger partial charge in [0.15, 0.2) is 0 Å². The molecule has 3 unspecified atom stereocenters. The predicted molar refractivity (Wildman–Crippen MR) is 156 cm³/mol. The van der Waals surface area contributed by atoms with Crippen LogP contribution in [0.4, 0.5) is 0 Å². The summed E-state index contributed by atoms with van der Waals surface area (Å²) in [7, 11) is 0. The van der Waals surface area contributed by atoms with Gasteiger partial charge in [-0.05, 0) is 69.5 Å². The maximum atomic E-state index is 4.76. The third-order valence-corrected chi connectivity index (χ3v) is 8.99. The Labute approximate surface area is 223 Å². The van der Waals surface area contributed by atoms with Gasteiger partial charge in [-0.15, -0.1) is 0 Å². The van der Waals surface area contributed by atoms with Crippen LogP contribution in [-0.2, 0) is 5.41 Å². The van der Waals surface area contributed by atoms with E-state index in [-0.39, 0.29) is 5.41 Å². The lowest BCUT2D eigenvalue weighted by Crippen LogP contribution is -2.36. The van der Waals surface area contributed by atoms with Gasteiger partial charge < -0.3 is 0 Å². The molecule has 0 aliphatic heterocycles. The molecule has 2 aromatic carbocycles. The number of hydrogen-bond acceptors (Lipinski definition) is 2. The molecule has 38 heavy (non-hydrogen) atoms. The Morgan fingerprint density at radius 2 is 1.76 bits per heavy atom. The van der Waals surface area contributed by atoms with Crippen molar-refractivity contribution >= 4 is 16.7 Å². The zero-order valence-corrected chi connectivity index (χ0v) is 21.4. The average molecular weight is 489 g/mol. The first-order chi connectivity index (χ1) is 18.7. The highest BCUT2D eigenvalue weighted by Crippen LogP contribution is 2.53. The molecule has 0 radical (unpaired) electrons. The van der Waals surface area contributed by atoms with Crippen LogP contribution in [0.1, 0.15) is 42.1 Å². The number of benzene rings is 2. The summed E-state index contributed by atoms with van der Waals surface area (Å²) in [5.74, 6) is 0.825. The van der Waals surface area contributed by atoms with E-state index in [1.165, 1.54) is 44.6 Å². The molecule has 5 aliphatic rings. The minimum atomic E-state index is -0.0281. The van der Waals surface area contributed by atoms with Crippen molar-refractivity contribution in [2.45, 2.75) is 25.2 Å². The lowest BCUT2D eigenvalue weighted by Gasteiger charge is -2.44. The predicted octanol–water partition coefficient (Wildman–Crippen LogP) is 8.30. The molecule has 1 aromatic heterocycles. The third-order valence-electron chi connectivity index (χ3n) is 8.99. The summed E-state index contributed by atoms with van der Waals surface area (Å²) in [6.45, 7) is 2.38. The molecule has 0 N–H and O–H groups in total. The van der Waals surface area contributed by atoms with Gasteiger partial charge in [0.25, 0.3) is 0 Å². The Morgan fingerprint density at radius 3 is 2.74 bits per heavy atom. The van der Waals surface area contributed by atoms with Gasteiger partial charge in [-0.2, -0.15) is 0 Å². The number of fused-ring (bicyclic) bond motifs is 6. The number of rotatable bonds is 3. The summed E-state index contributed by atoms with van der Waals surface area (Å²) >= 11 is 0. The van der Waals surface area contributed by atoms with Crippen molar-refractivity contribution in [1.29, 1.82) is 0 Å². The lowest BCUT2D eigenvalue weighted by atomic mass is 9.59. The Bertz CT molecular complexity index is 1740. The van der Waals surface area contributed by atoms with Gasteiger partial charge in [-0.3, -0.25) is 0 Å². The monoisotopic (exact) mass is 488 g/mol. The van der Waals surface area contributed by atoms with Gasteiger partial charge in [0, 0.05) is 22.8 Å². The topological polar surface area (TPSA) is 25.8 Å². The molecule has 0 fully saturated rings. The maximum Gasteiger partial charge on any atom is 0.116 e. The van der Waals surface area contributed by atoms with Gasteiger partial charge in [-0.25, -0.2) is 9.97 Å². The zero-order chi connectivity index (χ0) is 25.3. The first kappa shape index (κ1) is 21.8. The van der Waals surface area contributed by atoms with Gasteiger partial charge in [0.05, 0.1) is 11.4 Å². The Hall–Kier alpha value is -4.30. The average Bonchev–Trinajstić information content (AvgIpc) is 3.78. The van der Waals surface area contributed by atoms with Crippen LogP contribution in [0.3, 0.4) is 0 Å². The van der Waals surface area contributed by atoms with Crippen molar-refractivity contribution in [2.24, 2.45) is 11.8 Å². The highest BCUT2D eigenvalue weighted by molar-refractivity contribution is 5.86. The van der Waals surface area contributed by atoms with E-state index < -0.39 is 0 Å². The molecule has 182 valence electrons. The molecule has 0 saturated heterocycles. The lowest BCUT2D eigenvalue weighted by molar-refractivity contribution is 0.474. The fraction of sp³-hybridized carbons (Fsp3) is 0.167. The Balaban J connectivity index is 1.18. The standard InChI is InChI=1S/C36H28N2/c1-36-17-5-4-14-33(36)31-20-26(15-16-28(31)29-11-2-3-13-32(29)36)35-21-34(37-22-38-35)25-10-6-8-23(18-25)27-12-7-9-24-19-30(24)27/h2-14,17-22,30,33H,15-16H2,1H3. The molecule has 0 saturated carbocycles. The van der Waals surface area contributed by atoms with E-state index in [9.17, 15) is 0 Å². The molecule has 2 heteroatoms. The van der Waals surface area contributed by atoms with Crippen LogP contribution in [0.5, 0.6) is 0 Å². The fourth-order valence-electron chi connectivity index (χ4n) is 6.92. The Morgan fingerprint density at radius 1 is 0.868 bits per heavy atom. The van der Waals surface area contributed by atoms with Crippen molar-refractivity contribution in [1.82, 2.24) is 9.97 Å². The number of nitrogens with zero attached hydrogens (tertiary/aromatic N) is 2. The summed E-state index contributed by atoms with van der Waals surface area (Å²) in [4.78, 5) is 9.45. The van der Waals surface area contributed by atoms with Crippen LogP contribution < -0.4 is 0 Å². The number of aromatic nitrogens is 2. The van der Waals surface area contributed by atoms with Gasteiger partial charge in [0.1, 0.15) is 6.33 Å². The summed E-state index contributed by atoms with van der Waals surface area (Å²) in [5, 5.41) is 0. The van der Waals surface area contributed by atoms with E-state index >= 15 is 0 Å². The van der Waals surface area contributed by atoms with Gasteiger partial charge in [0.2, 0.25) is 0 Å². The second kappa shape index (κ2) is 8.10. The molecular weight excluding hydrogens is 460 g/mol. The maximum absolute atomic E-state index is 4.76. The fourth-order valence-corrected chi connectivity index (χ4v) is 6.92. The van der Waals surface area contributed by atoms with Crippen molar-refractivity contribution in [3.8, 4) is 11.3 Å². The summed E-state index contributed by atoms with van der Waals surface area (Å²) < 4.78 is 0. The summed E-state index contributed by atoms with van der Waals surface area (Å²) in [6, 6.07) is 20.0. The molecule has 0 spiro atoms. The molecule has 3 aromatic rings. The summed E-state index contributed by atoms with van der Waals surface area (Å²) in [5.41, 5.74) is 14.3. The summed E-state index contributed by atoms with van der Waals surface area (Å²) in [6.07, 6.45) is 24.3. The quantitative estimate of drug-likeness (QED) is 0.371. The van der Waals surface area contributed by atoms with E-state index in [4.69, 9.17) is 9.97 Å². The third kappa shape index (κ3) is 3.26. The van der Waals surface area contributed by atoms with Crippen molar-refractivity contribution in [3.63, 3.8) is 0 Å². The second-order valence-electron chi connectivity index (χ2n) is 11.1. The molecule has 2 nitrogen and oxygen atoms in total. The molecule has 3 atom stereocenters. The van der Waals surface area contributed by atoms with E-state index in [1.54, 1.807) is 6.33 Å². The van der Waals surface area contributed by atoms with Crippen molar-refractivity contribution < 1.29 is 0 Å². The normalized spacial score (nSPS) is 26.0. The van der Waals surface area contributed by atoms with Crippen LogP contribution >= 0.6 is 0 Å². The SMILES string of the molecule is CC12C=CC=CC1C1=C(CCC(c3cc(-c4cccc(C5=CC=CC6=CC65)c4)ncn3)=C1)c1ccccc12. The molecule has 0 amide bonds. The highest BCUT2D eigenvalue weighted by Gasteiger charge is 2.42. The number of hydrogen-bond donors (Lipinski definition) is 0. The van der Waals surface area contributed by atoms with E-state index in [1.807, 2.05) is 0 Å². The van der Waals surface area contributed by atoms with E-state index in [0.29, 0.717) is 11.8 Å². The van der Waals surface area contributed by atoms with E-state index in [0.717, 1.165) is 29.8 Å². The van der Waals surface area contributed by atoms with Crippen LogP contribution in [0, 0.1) is 11.8 Å². The molecule has 0 bridgehead atoms. The van der Waals surface area contributed by atoms with Crippen LogP contribution in [0.15, 0.2) is 127 Å². The van der Waals surface area contributed by atoms with Gasteiger partial charge in [-0.1, -0.05) is 104 Å². The highest BCUT2D eigenvalue weighted by atomic mass is 14.8.